The number of hydrogen-bond acceptors (Lipinski definition) is 5. The van der Waals surface area contributed by atoms with E-state index in [2.05, 4.69) is 4.31 Å². The van der Waals surface area contributed by atoms with E-state index in [0.29, 0.717) is 0 Å². The van der Waals surface area contributed by atoms with Crippen LogP contribution >= 0.6 is 15.6 Å². The summed E-state index contributed by atoms with van der Waals surface area (Å²) in [5.41, 5.74) is 0. The predicted molar refractivity (Wildman–Crippen MR) is 53.2 cm³/mol. The molecule has 0 aliphatic rings. The molecule has 9 heteroatoms. The molecule has 0 atom stereocenters. The minimum Gasteiger partial charge on any atom is -0.302 e. The molecule has 7 nitrogen and oxygen atoms in total. The van der Waals surface area contributed by atoms with E-state index in [0.717, 1.165) is 0 Å². The maximum atomic E-state index is 11.7. The average Bonchev–Trinajstić information content (AvgIpc) is 1.73. The van der Waals surface area contributed by atoms with Crippen LogP contribution in [-0.4, -0.2) is 22.0 Å². The van der Waals surface area contributed by atoms with Gasteiger partial charge >= 0.3 is 15.6 Å². The molecule has 0 radical (unpaired) electrons. The fourth-order valence-electron chi connectivity index (χ4n) is 0.710. The first-order chi connectivity index (χ1) is 6.54. The second-order valence-electron chi connectivity index (χ2n) is 3.33. The first-order valence-electron chi connectivity index (χ1n) is 4.28. The summed E-state index contributed by atoms with van der Waals surface area (Å²) in [6, 6.07) is 0. The monoisotopic (exact) mass is 262 g/mol. The van der Waals surface area contributed by atoms with Crippen LogP contribution in [0.25, 0.3) is 0 Å². The normalized spacial score (nSPS) is 13.9. The van der Waals surface area contributed by atoms with Crippen LogP contribution in [0.4, 0.5) is 0 Å². The van der Waals surface area contributed by atoms with Crippen LogP contribution in [0.5, 0.6) is 0 Å². The lowest BCUT2D eigenvalue weighted by atomic mass is 10.5. The molecule has 0 aromatic carbocycles. The zero-order chi connectivity index (χ0) is 12.3. The second-order valence-corrected chi connectivity index (χ2v) is 6.28. The Bertz CT molecular complexity index is 267. The smallest absolute Gasteiger partial charge is 0.302 e. The summed E-state index contributed by atoms with van der Waals surface area (Å²) >= 11 is 0. The molecule has 0 saturated carbocycles. The number of hydrogen-bond donors (Lipinski definition) is 2. The molecule has 0 saturated heterocycles. The van der Waals surface area contributed by atoms with Gasteiger partial charge in [0, 0.05) is 0 Å². The van der Waals surface area contributed by atoms with Gasteiger partial charge in [-0.05, 0) is 27.7 Å². The predicted octanol–water partition coefficient (Wildman–Crippen LogP) is 2.05. The third kappa shape index (κ3) is 8.11. The van der Waals surface area contributed by atoms with Gasteiger partial charge in [0.2, 0.25) is 0 Å². The van der Waals surface area contributed by atoms with Crippen molar-refractivity contribution >= 4 is 15.6 Å². The van der Waals surface area contributed by atoms with Crippen molar-refractivity contribution in [3.63, 3.8) is 0 Å². The zero-order valence-corrected chi connectivity index (χ0v) is 10.8. The highest BCUT2D eigenvalue weighted by molar-refractivity contribution is 7.61. The van der Waals surface area contributed by atoms with E-state index in [-0.39, 0.29) is 0 Å². The highest BCUT2D eigenvalue weighted by Gasteiger charge is 2.37. The Kier molecular flexibility index (Phi) is 5.64. The maximum Gasteiger partial charge on any atom is 0.484 e. The van der Waals surface area contributed by atoms with Crippen LogP contribution in [0.3, 0.4) is 0 Å². The van der Waals surface area contributed by atoms with E-state index in [1.165, 1.54) is 0 Å². The van der Waals surface area contributed by atoms with Gasteiger partial charge in [-0.2, -0.15) is 4.31 Å². The number of phosphoric ester groups is 1. The summed E-state index contributed by atoms with van der Waals surface area (Å²) in [7, 11) is -9.13. The van der Waals surface area contributed by atoms with Crippen molar-refractivity contribution in [3.8, 4) is 0 Å². The van der Waals surface area contributed by atoms with E-state index in [9.17, 15) is 9.13 Å². The third-order valence-corrected chi connectivity index (χ3v) is 3.90. The molecule has 0 fully saturated rings. The molecule has 0 heterocycles. The molecule has 0 bridgehead atoms. The number of phosphoric acid groups is 2. The van der Waals surface area contributed by atoms with Crippen molar-refractivity contribution in [2.24, 2.45) is 0 Å². The van der Waals surface area contributed by atoms with E-state index in [1.807, 2.05) is 0 Å². The Morgan fingerprint density at radius 1 is 0.933 bits per heavy atom. The van der Waals surface area contributed by atoms with Gasteiger partial charge in [-0.15, -0.1) is 0 Å². The molecule has 15 heavy (non-hydrogen) atoms. The van der Waals surface area contributed by atoms with Gasteiger partial charge in [-0.3, -0.25) is 9.05 Å². The summed E-state index contributed by atoms with van der Waals surface area (Å²) < 4.78 is 35.8. The molecule has 0 unspecified atom stereocenters. The highest BCUT2D eigenvalue weighted by Crippen LogP contribution is 2.62. The van der Waals surface area contributed by atoms with Gasteiger partial charge in [-0.1, -0.05) is 0 Å². The molecular weight excluding hydrogens is 246 g/mol. The van der Waals surface area contributed by atoms with Gasteiger partial charge in [0.25, 0.3) is 0 Å². The second kappa shape index (κ2) is 5.55. The Labute approximate surface area is 88.6 Å². The lowest BCUT2D eigenvalue weighted by Gasteiger charge is -2.21. The minimum absolute atomic E-state index is 0.541. The van der Waals surface area contributed by atoms with Gasteiger partial charge in [0.15, 0.2) is 0 Å². The van der Waals surface area contributed by atoms with Crippen molar-refractivity contribution in [1.82, 2.24) is 0 Å². The maximum absolute atomic E-state index is 11.7. The molecule has 0 spiro atoms. The Morgan fingerprint density at radius 3 is 1.47 bits per heavy atom. The average molecular weight is 262 g/mol. The van der Waals surface area contributed by atoms with Crippen LogP contribution in [0.15, 0.2) is 0 Å². The van der Waals surface area contributed by atoms with Crippen molar-refractivity contribution in [3.05, 3.63) is 0 Å². The zero-order valence-electron chi connectivity index (χ0n) is 8.98. The van der Waals surface area contributed by atoms with Gasteiger partial charge < -0.3 is 9.79 Å². The summed E-state index contributed by atoms with van der Waals surface area (Å²) in [4.78, 5) is 17.1. The molecular formula is C6H16O7P2. The topological polar surface area (TPSA) is 102 Å². The molecule has 0 aliphatic heterocycles. The van der Waals surface area contributed by atoms with Crippen LogP contribution in [-0.2, 0) is 22.5 Å². The molecule has 0 aromatic heterocycles. The molecule has 2 N–H and O–H groups in total. The highest BCUT2D eigenvalue weighted by atomic mass is 31.3. The summed E-state index contributed by atoms with van der Waals surface area (Å²) in [6.45, 7) is 6.16. The fourth-order valence-corrected chi connectivity index (χ4v) is 3.14. The van der Waals surface area contributed by atoms with E-state index < -0.39 is 27.9 Å². The van der Waals surface area contributed by atoms with Crippen LogP contribution < -0.4 is 0 Å². The Hall–Kier alpha value is 0.260. The summed E-state index contributed by atoms with van der Waals surface area (Å²) in [6.07, 6.45) is -1.08. The molecule has 0 aromatic rings. The van der Waals surface area contributed by atoms with Crippen molar-refractivity contribution in [2.45, 2.75) is 39.9 Å². The quantitative estimate of drug-likeness (QED) is 0.706. The van der Waals surface area contributed by atoms with Crippen molar-refractivity contribution in [2.75, 3.05) is 0 Å². The van der Waals surface area contributed by atoms with E-state index in [1.54, 1.807) is 27.7 Å². The first-order valence-corrected chi connectivity index (χ1v) is 7.27. The lowest BCUT2D eigenvalue weighted by Crippen LogP contribution is -2.09. The van der Waals surface area contributed by atoms with Crippen LogP contribution in [0.2, 0.25) is 0 Å². The van der Waals surface area contributed by atoms with E-state index in [4.69, 9.17) is 18.8 Å². The largest absolute Gasteiger partial charge is 0.484 e. The van der Waals surface area contributed by atoms with E-state index >= 15 is 0 Å². The Morgan fingerprint density at radius 2 is 1.27 bits per heavy atom. The standard InChI is InChI=1S/C6H16O7P2/c1-5(2)11-15(10,12-6(3)4)13-14(7,8)9/h5-6H,1-4H3,(H2,7,8,9). The Balaban J connectivity index is 4.71. The lowest BCUT2D eigenvalue weighted by molar-refractivity contribution is 0.0945. The molecule has 0 rings (SSSR count). The summed E-state index contributed by atoms with van der Waals surface area (Å²) in [5, 5.41) is 0. The van der Waals surface area contributed by atoms with Gasteiger partial charge in [0.05, 0.1) is 12.2 Å². The fraction of sp³-hybridized carbons (Fsp3) is 1.00. The molecule has 0 amide bonds. The van der Waals surface area contributed by atoms with Crippen LogP contribution in [0.1, 0.15) is 27.7 Å². The first kappa shape index (κ1) is 15.3. The SMILES string of the molecule is CC(C)OP(=O)(OC(C)C)OP(=O)(O)O. The minimum atomic E-state index is -4.91. The number of rotatable bonds is 6. The van der Waals surface area contributed by atoms with Gasteiger partial charge in [-0.25, -0.2) is 9.13 Å². The van der Waals surface area contributed by atoms with Crippen LogP contribution in [0, 0.1) is 0 Å². The summed E-state index contributed by atoms with van der Waals surface area (Å²) in [5.74, 6) is 0. The van der Waals surface area contributed by atoms with Gasteiger partial charge in [0.1, 0.15) is 0 Å². The van der Waals surface area contributed by atoms with Crippen molar-refractivity contribution < 1.29 is 32.3 Å². The third-order valence-electron chi connectivity index (χ3n) is 0.886. The van der Waals surface area contributed by atoms with Crippen molar-refractivity contribution in [1.29, 1.82) is 0 Å². The molecule has 0 aliphatic carbocycles. The molecule has 92 valence electrons.